The molecule has 3 rings (SSSR count). The highest BCUT2D eigenvalue weighted by atomic mass is 16.1. The van der Waals surface area contributed by atoms with Crippen molar-refractivity contribution in [3.8, 4) is 0 Å². The monoisotopic (exact) mass is 268 g/mol. The van der Waals surface area contributed by atoms with E-state index in [0.29, 0.717) is 6.54 Å². The Balaban J connectivity index is 1.75. The fourth-order valence-corrected chi connectivity index (χ4v) is 2.31. The number of carbonyl (C=O) groups is 1. The lowest BCUT2D eigenvalue weighted by atomic mass is 10.2. The van der Waals surface area contributed by atoms with E-state index in [1.807, 2.05) is 48.7 Å². The quantitative estimate of drug-likeness (QED) is 0.767. The number of nitrogens with one attached hydrogen (secondary N) is 2. The van der Waals surface area contributed by atoms with Gasteiger partial charge in [-0.3, -0.25) is 4.79 Å². The lowest BCUT2D eigenvalue weighted by molar-refractivity contribution is -0.116. The number of aryl methyl sites for hydroxylation is 2. The molecule has 0 fully saturated rings. The molecule has 3 aromatic rings. The zero-order valence-corrected chi connectivity index (χ0v) is 11.5. The van der Waals surface area contributed by atoms with E-state index in [-0.39, 0.29) is 5.91 Å². The number of benzene rings is 1. The van der Waals surface area contributed by atoms with Gasteiger partial charge in [-0.1, -0.05) is 0 Å². The Labute approximate surface area is 116 Å². The van der Waals surface area contributed by atoms with Crippen molar-refractivity contribution in [2.45, 2.75) is 20.4 Å². The minimum atomic E-state index is -0.0359. The van der Waals surface area contributed by atoms with Crippen LogP contribution in [-0.2, 0) is 11.3 Å². The fraction of sp³-hybridized carbons (Fsp3) is 0.200. The molecule has 0 unspecified atom stereocenters. The van der Waals surface area contributed by atoms with Crippen LogP contribution in [0.15, 0.2) is 36.7 Å². The molecule has 0 bridgehead atoms. The van der Waals surface area contributed by atoms with E-state index in [2.05, 4.69) is 15.3 Å². The van der Waals surface area contributed by atoms with E-state index in [4.69, 9.17) is 0 Å². The molecule has 1 amide bonds. The van der Waals surface area contributed by atoms with Crippen LogP contribution in [0.4, 0.5) is 5.69 Å². The average molecular weight is 268 g/mol. The number of anilines is 1. The van der Waals surface area contributed by atoms with Gasteiger partial charge >= 0.3 is 0 Å². The Morgan fingerprint density at radius 3 is 2.75 bits per heavy atom. The lowest BCUT2D eigenvalue weighted by Gasteiger charge is -2.10. The normalized spacial score (nSPS) is 10.9. The average Bonchev–Trinajstić information content (AvgIpc) is 3.00. The van der Waals surface area contributed by atoms with Crippen molar-refractivity contribution in [1.82, 2.24) is 14.5 Å². The molecule has 0 spiro atoms. The van der Waals surface area contributed by atoms with Gasteiger partial charge in [0.1, 0.15) is 6.54 Å². The molecular weight excluding hydrogens is 252 g/mol. The van der Waals surface area contributed by atoms with E-state index in [0.717, 1.165) is 28.1 Å². The summed E-state index contributed by atoms with van der Waals surface area (Å²) in [7, 11) is 0. The number of aromatic nitrogens is 3. The first kappa shape index (κ1) is 12.5. The summed E-state index contributed by atoms with van der Waals surface area (Å²) < 4.78 is 1.99. The van der Waals surface area contributed by atoms with Crippen molar-refractivity contribution in [3.05, 3.63) is 48.0 Å². The predicted octanol–water partition coefficient (Wildman–Crippen LogP) is 2.62. The van der Waals surface area contributed by atoms with Crippen molar-refractivity contribution in [2.24, 2.45) is 0 Å². The number of H-pyrrole nitrogens is 1. The van der Waals surface area contributed by atoms with Crippen LogP contribution in [0.2, 0.25) is 0 Å². The first-order valence-electron chi connectivity index (χ1n) is 6.49. The first-order valence-corrected chi connectivity index (χ1v) is 6.49. The second kappa shape index (κ2) is 4.85. The summed E-state index contributed by atoms with van der Waals surface area (Å²) in [5, 5.41) is 2.91. The van der Waals surface area contributed by atoms with Crippen LogP contribution in [0.3, 0.4) is 0 Å². The smallest absolute Gasteiger partial charge is 0.244 e. The van der Waals surface area contributed by atoms with E-state index in [9.17, 15) is 4.79 Å². The Hall–Kier alpha value is -2.56. The fourth-order valence-electron chi connectivity index (χ4n) is 2.31. The SMILES string of the molecule is Cc1ccc(C)n1CC(=O)Nc1ccc2nc[nH]c2c1. The molecule has 2 aromatic heterocycles. The molecule has 5 heteroatoms. The molecule has 102 valence electrons. The highest BCUT2D eigenvalue weighted by molar-refractivity contribution is 5.92. The number of imidazole rings is 1. The van der Waals surface area contributed by atoms with Crippen LogP contribution in [-0.4, -0.2) is 20.4 Å². The van der Waals surface area contributed by atoms with Crippen LogP contribution in [0.5, 0.6) is 0 Å². The molecule has 5 nitrogen and oxygen atoms in total. The van der Waals surface area contributed by atoms with Gasteiger partial charge < -0.3 is 14.9 Å². The minimum Gasteiger partial charge on any atom is -0.345 e. The van der Waals surface area contributed by atoms with Crippen LogP contribution >= 0.6 is 0 Å². The maximum atomic E-state index is 12.1. The molecule has 20 heavy (non-hydrogen) atoms. The summed E-state index contributed by atoms with van der Waals surface area (Å²) in [6.07, 6.45) is 1.64. The third kappa shape index (κ3) is 2.30. The summed E-state index contributed by atoms with van der Waals surface area (Å²) >= 11 is 0. The van der Waals surface area contributed by atoms with Crippen molar-refractivity contribution in [1.29, 1.82) is 0 Å². The second-order valence-corrected chi connectivity index (χ2v) is 4.88. The van der Waals surface area contributed by atoms with Crippen molar-refractivity contribution >= 4 is 22.6 Å². The van der Waals surface area contributed by atoms with Crippen LogP contribution in [0, 0.1) is 13.8 Å². The molecule has 0 saturated heterocycles. The number of aromatic amines is 1. The number of hydrogen-bond acceptors (Lipinski definition) is 2. The third-order valence-electron chi connectivity index (χ3n) is 3.42. The Morgan fingerprint density at radius 1 is 1.25 bits per heavy atom. The molecule has 0 atom stereocenters. The molecular formula is C15H16N4O. The predicted molar refractivity (Wildman–Crippen MR) is 78.6 cm³/mol. The summed E-state index contributed by atoms with van der Waals surface area (Å²) in [6.45, 7) is 4.32. The van der Waals surface area contributed by atoms with Gasteiger partial charge in [-0.2, -0.15) is 0 Å². The summed E-state index contributed by atoms with van der Waals surface area (Å²) in [6, 6.07) is 9.65. The van der Waals surface area contributed by atoms with Gasteiger partial charge in [-0.15, -0.1) is 0 Å². The number of nitrogens with zero attached hydrogens (tertiary/aromatic N) is 2. The van der Waals surface area contributed by atoms with Gasteiger partial charge in [0, 0.05) is 17.1 Å². The molecule has 0 aliphatic heterocycles. The van der Waals surface area contributed by atoms with Crippen LogP contribution in [0.1, 0.15) is 11.4 Å². The molecule has 0 saturated carbocycles. The molecule has 0 aliphatic carbocycles. The molecule has 0 aliphatic rings. The number of amides is 1. The van der Waals surface area contributed by atoms with E-state index in [1.54, 1.807) is 6.33 Å². The zero-order chi connectivity index (χ0) is 14.1. The molecule has 2 N–H and O–H groups in total. The van der Waals surface area contributed by atoms with Gasteiger partial charge in [-0.25, -0.2) is 4.98 Å². The van der Waals surface area contributed by atoms with Crippen molar-refractivity contribution in [3.63, 3.8) is 0 Å². The standard InChI is InChI=1S/C15H16N4O/c1-10-3-4-11(2)19(10)8-15(20)18-12-5-6-13-14(7-12)17-9-16-13/h3-7,9H,8H2,1-2H3,(H,16,17)(H,18,20). The maximum absolute atomic E-state index is 12.1. The molecule has 1 aromatic carbocycles. The van der Waals surface area contributed by atoms with Crippen LogP contribution in [0.25, 0.3) is 11.0 Å². The third-order valence-corrected chi connectivity index (χ3v) is 3.42. The number of fused-ring (bicyclic) bond motifs is 1. The van der Waals surface area contributed by atoms with E-state index in [1.165, 1.54) is 0 Å². The zero-order valence-electron chi connectivity index (χ0n) is 11.5. The summed E-state index contributed by atoms with van der Waals surface area (Å²) in [5.41, 5.74) is 4.74. The van der Waals surface area contributed by atoms with Gasteiger partial charge in [-0.05, 0) is 44.2 Å². The first-order chi connectivity index (χ1) is 9.63. The van der Waals surface area contributed by atoms with E-state index >= 15 is 0 Å². The Bertz CT molecular complexity index is 750. The maximum Gasteiger partial charge on any atom is 0.244 e. The summed E-state index contributed by atoms with van der Waals surface area (Å²) in [5.74, 6) is -0.0359. The summed E-state index contributed by atoms with van der Waals surface area (Å²) in [4.78, 5) is 19.3. The lowest BCUT2D eigenvalue weighted by Crippen LogP contribution is -2.20. The van der Waals surface area contributed by atoms with Gasteiger partial charge in [0.05, 0.1) is 17.4 Å². The Morgan fingerprint density at radius 2 is 2.00 bits per heavy atom. The number of rotatable bonds is 3. The minimum absolute atomic E-state index is 0.0359. The second-order valence-electron chi connectivity index (χ2n) is 4.88. The highest BCUT2D eigenvalue weighted by Gasteiger charge is 2.08. The Kier molecular flexibility index (Phi) is 3.02. The van der Waals surface area contributed by atoms with Crippen molar-refractivity contribution < 1.29 is 4.79 Å². The number of hydrogen-bond donors (Lipinski definition) is 2. The van der Waals surface area contributed by atoms with E-state index < -0.39 is 0 Å². The van der Waals surface area contributed by atoms with Crippen LogP contribution < -0.4 is 5.32 Å². The number of carbonyl (C=O) groups excluding carboxylic acids is 1. The van der Waals surface area contributed by atoms with Gasteiger partial charge in [0.15, 0.2) is 0 Å². The topological polar surface area (TPSA) is 62.7 Å². The molecule has 2 heterocycles. The molecule has 0 radical (unpaired) electrons. The largest absolute Gasteiger partial charge is 0.345 e. The van der Waals surface area contributed by atoms with Gasteiger partial charge in [0.25, 0.3) is 0 Å². The van der Waals surface area contributed by atoms with Gasteiger partial charge in [0.2, 0.25) is 5.91 Å². The van der Waals surface area contributed by atoms with Crippen molar-refractivity contribution in [2.75, 3.05) is 5.32 Å². The highest BCUT2D eigenvalue weighted by Crippen LogP contribution is 2.16.